The van der Waals surface area contributed by atoms with Gasteiger partial charge in [0.2, 0.25) is 0 Å². The maximum absolute atomic E-state index is 12.5. The maximum Gasteiger partial charge on any atom is 0.269 e. The van der Waals surface area contributed by atoms with Crippen LogP contribution in [-0.4, -0.2) is 45.9 Å². The minimum atomic E-state index is -1.82. The largest absolute Gasteiger partial charge is 0.505 e. The van der Waals surface area contributed by atoms with Crippen LogP contribution in [0.15, 0.2) is 37.5 Å². The van der Waals surface area contributed by atoms with Gasteiger partial charge in [-0.3, -0.25) is 4.79 Å². The summed E-state index contributed by atoms with van der Waals surface area (Å²) in [5.41, 5.74) is 0.815. The molecule has 9 nitrogen and oxygen atoms in total. The van der Waals surface area contributed by atoms with Crippen LogP contribution in [0, 0.1) is 19.3 Å². The molecule has 1 amide bonds. The Kier molecular flexibility index (Phi) is 6.45. The first-order valence-corrected chi connectivity index (χ1v) is 11.2. The molecule has 1 aliphatic rings. The lowest BCUT2D eigenvalue weighted by Crippen LogP contribution is -2.41. The van der Waals surface area contributed by atoms with Crippen molar-refractivity contribution < 1.29 is 18.5 Å². The number of phenolic OH excluding ortho intramolecular Hbond substituents is 1. The summed E-state index contributed by atoms with van der Waals surface area (Å²) in [6.07, 6.45) is 0. The predicted molar refractivity (Wildman–Crippen MR) is 126 cm³/mol. The van der Waals surface area contributed by atoms with Crippen LogP contribution in [0.2, 0.25) is 0 Å². The quantitative estimate of drug-likeness (QED) is 0.602. The summed E-state index contributed by atoms with van der Waals surface area (Å²) >= 11 is -1.82. The number of furan rings is 1. The molecule has 1 unspecified atom stereocenters. The number of carbonyl (C=O) groups excluding carboxylic acids is 1. The fourth-order valence-electron chi connectivity index (χ4n) is 3.31. The molecule has 3 N–H and O–H groups in total. The first-order chi connectivity index (χ1) is 14.9. The monoisotopic (exact) mass is 459 g/mol. The number of benzene rings is 1. The molecule has 2 aromatic rings. The Labute approximate surface area is 190 Å². The predicted octanol–water partition coefficient (Wildman–Crippen LogP) is 3.48. The van der Waals surface area contributed by atoms with Crippen LogP contribution >= 0.6 is 0 Å². The third-order valence-electron chi connectivity index (χ3n) is 5.02. The molecule has 1 aromatic heterocycles. The average Bonchev–Trinajstić information content (AvgIpc) is 3.26. The van der Waals surface area contributed by atoms with Gasteiger partial charge in [-0.15, -0.1) is 8.80 Å². The summed E-state index contributed by atoms with van der Waals surface area (Å²) in [7, 11) is 3.23. The zero-order chi connectivity index (χ0) is 23.8. The number of aryl methyl sites for hydroxylation is 2. The van der Waals surface area contributed by atoms with E-state index in [1.807, 2.05) is 39.8 Å². The Hall–Kier alpha value is -3.14. The SMILES string of the molecule is Cc1ccc([C@H](NC2=NS(=O)N=C2Nc2ccc(C)c(C(=O)N(C)C)c2O)C(C)(C)C)o1. The summed E-state index contributed by atoms with van der Waals surface area (Å²) < 4.78 is 26.1. The third kappa shape index (κ3) is 4.85. The first-order valence-electron chi connectivity index (χ1n) is 10.1. The van der Waals surface area contributed by atoms with Gasteiger partial charge in [-0.05, 0) is 43.0 Å². The number of carbonyl (C=O) groups is 1. The molecule has 1 aliphatic heterocycles. The van der Waals surface area contributed by atoms with Crippen molar-refractivity contribution in [3.05, 3.63) is 46.9 Å². The van der Waals surface area contributed by atoms with Crippen molar-refractivity contribution in [1.82, 2.24) is 10.2 Å². The van der Waals surface area contributed by atoms with Crippen molar-refractivity contribution in [1.29, 1.82) is 0 Å². The molecule has 3 rings (SSSR count). The van der Waals surface area contributed by atoms with E-state index in [1.165, 1.54) is 4.90 Å². The molecule has 0 spiro atoms. The number of amidine groups is 2. The smallest absolute Gasteiger partial charge is 0.269 e. The van der Waals surface area contributed by atoms with Crippen molar-refractivity contribution in [2.75, 3.05) is 19.4 Å². The van der Waals surface area contributed by atoms with Gasteiger partial charge in [0.05, 0.1) is 17.3 Å². The van der Waals surface area contributed by atoms with E-state index in [0.29, 0.717) is 11.3 Å². The molecule has 0 fully saturated rings. The van der Waals surface area contributed by atoms with Crippen LogP contribution in [0.1, 0.15) is 54.3 Å². The van der Waals surface area contributed by atoms with E-state index in [-0.39, 0.29) is 46.0 Å². The number of nitrogens with zero attached hydrogens (tertiary/aromatic N) is 3. The fraction of sp³-hybridized carbons (Fsp3) is 0.409. The fourth-order valence-corrected chi connectivity index (χ4v) is 3.94. The minimum absolute atomic E-state index is 0.185. The molecule has 1 aromatic carbocycles. The van der Waals surface area contributed by atoms with Crippen LogP contribution in [0.4, 0.5) is 5.69 Å². The first kappa shape index (κ1) is 23.5. The second-order valence-electron chi connectivity index (χ2n) is 8.98. The van der Waals surface area contributed by atoms with E-state index in [1.54, 1.807) is 33.2 Å². The zero-order valence-electron chi connectivity index (χ0n) is 19.3. The lowest BCUT2D eigenvalue weighted by Gasteiger charge is -2.30. The van der Waals surface area contributed by atoms with Gasteiger partial charge in [0.1, 0.15) is 11.5 Å². The van der Waals surface area contributed by atoms with E-state index in [2.05, 4.69) is 19.4 Å². The van der Waals surface area contributed by atoms with Gasteiger partial charge in [0, 0.05) is 14.1 Å². The molecule has 0 saturated carbocycles. The molecule has 0 saturated heterocycles. The summed E-state index contributed by atoms with van der Waals surface area (Å²) in [4.78, 5) is 13.9. The zero-order valence-corrected chi connectivity index (χ0v) is 20.1. The molecule has 0 radical (unpaired) electrons. The van der Waals surface area contributed by atoms with Crippen LogP contribution in [-0.2, 0) is 11.2 Å². The van der Waals surface area contributed by atoms with Gasteiger partial charge in [0.25, 0.3) is 17.1 Å². The number of hydrogen-bond acceptors (Lipinski definition) is 6. The van der Waals surface area contributed by atoms with E-state index >= 15 is 0 Å². The van der Waals surface area contributed by atoms with E-state index in [0.717, 1.165) is 5.76 Å². The maximum atomic E-state index is 12.5. The molecule has 2 atom stereocenters. The van der Waals surface area contributed by atoms with Crippen molar-refractivity contribution in [2.45, 2.75) is 40.7 Å². The van der Waals surface area contributed by atoms with Crippen molar-refractivity contribution >= 4 is 34.4 Å². The van der Waals surface area contributed by atoms with E-state index in [9.17, 15) is 14.1 Å². The summed E-state index contributed by atoms with van der Waals surface area (Å²) in [6.45, 7) is 9.75. The number of hydrogen-bond donors (Lipinski definition) is 3. The molecule has 172 valence electrons. The Balaban J connectivity index is 1.92. The number of phenols is 1. The van der Waals surface area contributed by atoms with Crippen LogP contribution < -0.4 is 10.6 Å². The van der Waals surface area contributed by atoms with Crippen LogP contribution in [0.5, 0.6) is 5.75 Å². The van der Waals surface area contributed by atoms with Gasteiger partial charge < -0.3 is 25.1 Å². The third-order valence-corrected chi connectivity index (χ3v) is 5.69. The Morgan fingerprint density at radius 3 is 2.34 bits per heavy atom. The second kappa shape index (κ2) is 8.78. The lowest BCUT2D eigenvalue weighted by atomic mass is 9.85. The van der Waals surface area contributed by atoms with Crippen LogP contribution in [0.25, 0.3) is 0 Å². The summed E-state index contributed by atoms with van der Waals surface area (Å²) in [5, 5.41) is 17.0. The van der Waals surface area contributed by atoms with Gasteiger partial charge in [-0.2, -0.15) is 0 Å². The Bertz CT molecular complexity index is 1130. The lowest BCUT2D eigenvalue weighted by molar-refractivity contribution is 0.0824. The number of rotatable bonds is 4. The highest BCUT2D eigenvalue weighted by Gasteiger charge is 2.33. The molecule has 0 bridgehead atoms. The van der Waals surface area contributed by atoms with Crippen molar-refractivity contribution in [2.24, 2.45) is 14.2 Å². The standard InChI is InChI=1S/C22H29N5O4S/c1-12-8-10-14(17(28)16(12)21(29)27(6)7)23-19-20(26-32(30)25-19)24-18(22(3,4)5)15-11-9-13(2)31-15/h8-11,18,28H,1-7H3,(H,23,25)(H,24,26)/t18-,32?/m0/s1. The van der Waals surface area contributed by atoms with Gasteiger partial charge >= 0.3 is 0 Å². The minimum Gasteiger partial charge on any atom is -0.505 e. The molecular formula is C22H29N5O4S. The van der Waals surface area contributed by atoms with Gasteiger partial charge in [-0.25, -0.2) is 4.21 Å². The number of aromatic hydroxyl groups is 1. The molecule has 32 heavy (non-hydrogen) atoms. The normalized spacial score (nSPS) is 16.9. The second-order valence-corrected chi connectivity index (χ2v) is 9.81. The Morgan fingerprint density at radius 1 is 1.12 bits per heavy atom. The molecule has 0 aliphatic carbocycles. The average molecular weight is 460 g/mol. The molecule has 10 heteroatoms. The Morgan fingerprint density at radius 2 is 1.78 bits per heavy atom. The topological polar surface area (TPSA) is 120 Å². The highest BCUT2D eigenvalue weighted by molar-refractivity contribution is 7.83. The van der Waals surface area contributed by atoms with E-state index in [4.69, 9.17) is 4.42 Å². The van der Waals surface area contributed by atoms with E-state index < -0.39 is 11.2 Å². The number of anilines is 1. The highest BCUT2D eigenvalue weighted by atomic mass is 32.2. The van der Waals surface area contributed by atoms with Gasteiger partial charge in [-0.1, -0.05) is 26.8 Å². The van der Waals surface area contributed by atoms with Crippen molar-refractivity contribution in [3.8, 4) is 5.75 Å². The highest BCUT2D eigenvalue weighted by Crippen LogP contribution is 2.35. The van der Waals surface area contributed by atoms with Crippen molar-refractivity contribution in [3.63, 3.8) is 0 Å². The summed E-state index contributed by atoms with van der Waals surface area (Å²) in [6, 6.07) is 6.84. The molecular weight excluding hydrogens is 430 g/mol. The van der Waals surface area contributed by atoms with Gasteiger partial charge in [0.15, 0.2) is 17.4 Å². The molecule has 2 heterocycles. The van der Waals surface area contributed by atoms with Crippen LogP contribution in [0.3, 0.4) is 0 Å². The summed E-state index contributed by atoms with van der Waals surface area (Å²) in [5.74, 6) is 1.43. The number of amides is 1. The number of nitrogens with one attached hydrogen (secondary N) is 2.